The molecule has 0 unspecified atom stereocenters. The van der Waals surface area contributed by atoms with Crippen LogP contribution in [0.15, 0.2) is 218 Å². The number of benzene rings is 9. The molecule has 2 heteroatoms. The first-order chi connectivity index (χ1) is 32.9. The van der Waals surface area contributed by atoms with Gasteiger partial charge < -0.3 is 4.90 Å². The van der Waals surface area contributed by atoms with Crippen molar-refractivity contribution in [1.82, 2.24) is 0 Å². The first-order valence-corrected chi connectivity index (χ1v) is 26.8. The highest BCUT2D eigenvalue weighted by atomic mass is 28.3. The van der Waals surface area contributed by atoms with Crippen LogP contribution in [0.2, 0.25) is 0 Å². The summed E-state index contributed by atoms with van der Waals surface area (Å²) in [5, 5.41) is 8.05. The Bertz CT molecular complexity index is 3150. The third kappa shape index (κ3) is 6.47. The van der Waals surface area contributed by atoms with Gasteiger partial charge in [0.25, 0.3) is 0 Å². The summed E-state index contributed by atoms with van der Waals surface area (Å²) in [4.78, 5) is 2.59. The van der Waals surface area contributed by atoms with E-state index in [1.807, 2.05) is 0 Å². The van der Waals surface area contributed by atoms with Crippen LogP contribution in [0.5, 0.6) is 0 Å². The molecule has 0 heterocycles. The third-order valence-corrected chi connectivity index (χ3v) is 21.8. The van der Waals surface area contributed by atoms with E-state index in [2.05, 4.69) is 237 Å². The fraction of sp³-hybridized carbons (Fsp3) is 0.200. The average Bonchev–Trinajstić information content (AvgIpc) is 3.60. The zero-order valence-electron chi connectivity index (χ0n) is 38.7. The normalized spacial score (nSPS) is 21.0. The van der Waals surface area contributed by atoms with Crippen molar-refractivity contribution in [3.8, 4) is 22.3 Å². The molecule has 1 nitrogen and oxygen atoms in total. The van der Waals surface area contributed by atoms with Crippen LogP contribution < -0.4 is 25.6 Å². The van der Waals surface area contributed by atoms with Gasteiger partial charge in [0.15, 0.2) is 8.07 Å². The van der Waals surface area contributed by atoms with E-state index in [-0.39, 0.29) is 5.41 Å². The van der Waals surface area contributed by atoms with Crippen LogP contribution in [0.25, 0.3) is 33.0 Å². The van der Waals surface area contributed by atoms with Crippen LogP contribution in [0.3, 0.4) is 0 Å². The largest absolute Gasteiger partial charge is 0.310 e. The molecule has 14 rings (SSSR count). The zero-order valence-corrected chi connectivity index (χ0v) is 39.7. The SMILES string of the molecule is CC1(C)c2ccccc2-c2cc(-c3ccc4ccccc4c3)c(N(c3ccc(C45CC6CC(CC(C6)C4)C5)cc3)c3ccc([Si](c4ccccc4)(c4ccccc4)c4ccccc4)cc3)cc21. The molecule has 0 N–H and O–H groups in total. The van der Waals surface area contributed by atoms with Crippen molar-refractivity contribution in [2.75, 3.05) is 4.90 Å². The summed E-state index contributed by atoms with van der Waals surface area (Å²) < 4.78 is 0. The molecule has 9 aromatic carbocycles. The van der Waals surface area contributed by atoms with Gasteiger partial charge in [-0.1, -0.05) is 190 Å². The fourth-order valence-electron chi connectivity index (χ4n) is 14.3. The number of rotatable bonds is 9. The van der Waals surface area contributed by atoms with Gasteiger partial charge in [0, 0.05) is 22.4 Å². The molecular formula is C65H57NSi. The Kier molecular flexibility index (Phi) is 9.48. The van der Waals surface area contributed by atoms with Crippen LogP contribution in [0.1, 0.15) is 69.1 Å². The van der Waals surface area contributed by atoms with E-state index in [9.17, 15) is 0 Å². The number of anilines is 3. The van der Waals surface area contributed by atoms with E-state index in [4.69, 9.17) is 0 Å². The summed E-state index contributed by atoms with van der Waals surface area (Å²) >= 11 is 0. The van der Waals surface area contributed by atoms with Gasteiger partial charge in [0.2, 0.25) is 0 Å². The number of fused-ring (bicyclic) bond motifs is 4. The molecule has 0 aliphatic heterocycles. The molecule has 0 amide bonds. The molecule has 67 heavy (non-hydrogen) atoms. The highest BCUT2D eigenvalue weighted by Gasteiger charge is 2.51. The van der Waals surface area contributed by atoms with E-state index in [0.29, 0.717) is 5.41 Å². The number of hydrogen-bond acceptors (Lipinski definition) is 1. The second-order valence-corrected chi connectivity index (χ2v) is 24.9. The molecule has 5 aliphatic rings. The van der Waals surface area contributed by atoms with Crippen LogP contribution in [-0.4, -0.2) is 8.07 Å². The minimum Gasteiger partial charge on any atom is -0.310 e. The van der Waals surface area contributed by atoms with Crippen LogP contribution in [0.4, 0.5) is 17.1 Å². The smallest absolute Gasteiger partial charge is 0.179 e. The van der Waals surface area contributed by atoms with Crippen molar-refractivity contribution in [3.05, 3.63) is 235 Å². The van der Waals surface area contributed by atoms with Crippen molar-refractivity contribution >= 4 is 56.7 Å². The van der Waals surface area contributed by atoms with Crippen molar-refractivity contribution in [3.63, 3.8) is 0 Å². The Balaban J connectivity index is 1.03. The zero-order chi connectivity index (χ0) is 44.7. The molecule has 4 fully saturated rings. The maximum atomic E-state index is 2.59. The summed E-state index contributed by atoms with van der Waals surface area (Å²) in [6.07, 6.45) is 8.48. The van der Waals surface area contributed by atoms with E-state index in [0.717, 1.165) is 17.8 Å². The lowest BCUT2D eigenvalue weighted by Crippen LogP contribution is -2.74. The van der Waals surface area contributed by atoms with Gasteiger partial charge in [-0.05, 0) is 169 Å². The molecule has 9 aromatic rings. The summed E-state index contributed by atoms with van der Waals surface area (Å²) in [7, 11) is -2.74. The van der Waals surface area contributed by atoms with Gasteiger partial charge >= 0.3 is 0 Å². The van der Waals surface area contributed by atoms with Crippen molar-refractivity contribution in [2.45, 2.75) is 63.2 Å². The highest BCUT2D eigenvalue weighted by molar-refractivity contribution is 7.19. The topological polar surface area (TPSA) is 3.24 Å². The third-order valence-electron chi connectivity index (χ3n) is 17.0. The van der Waals surface area contributed by atoms with Gasteiger partial charge in [-0.2, -0.15) is 0 Å². The summed E-state index contributed by atoms with van der Waals surface area (Å²) in [5.74, 6) is 2.72. The maximum absolute atomic E-state index is 2.74. The molecule has 0 saturated heterocycles. The van der Waals surface area contributed by atoms with Crippen molar-refractivity contribution in [1.29, 1.82) is 0 Å². The Hall–Kier alpha value is -6.74. The molecule has 0 aromatic heterocycles. The molecule has 0 atom stereocenters. The minimum atomic E-state index is -2.74. The molecule has 0 spiro atoms. The molecule has 4 bridgehead atoms. The van der Waals surface area contributed by atoms with E-state index < -0.39 is 8.07 Å². The summed E-state index contributed by atoms with van der Waals surface area (Å²) in [6, 6.07) is 83.7. The summed E-state index contributed by atoms with van der Waals surface area (Å²) in [6.45, 7) is 4.83. The van der Waals surface area contributed by atoms with Crippen LogP contribution in [0, 0.1) is 17.8 Å². The Morgan fingerprint density at radius 2 is 0.896 bits per heavy atom. The van der Waals surface area contributed by atoms with Gasteiger partial charge in [-0.3, -0.25) is 0 Å². The lowest BCUT2D eigenvalue weighted by Gasteiger charge is -2.57. The lowest BCUT2D eigenvalue weighted by atomic mass is 9.48. The predicted molar refractivity (Wildman–Crippen MR) is 285 cm³/mol. The first kappa shape index (κ1) is 40.5. The molecule has 5 aliphatic carbocycles. The van der Waals surface area contributed by atoms with Gasteiger partial charge in [-0.15, -0.1) is 0 Å². The van der Waals surface area contributed by atoms with E-state index in [1.165, 1.54) is 120 Å². The fourth-order valence-corrected chi connectivity index (χ4v) is 19.0. The first-order valence-electron chi connectivity index (χ1n) is 24.8. The second kappa shape index (κ2) is 15.7. The second-order valence-electron chi connectivity index (χ2n) is 21.1. The van der Waals surface area contributed by atoms with E-state index in [1.54, 1.807) is 5.56 Å². The molecule has 4 saturated carbocycles. The summed E-state index contributed by atoms with van der Waals surface area (Å²) in [5.41, 5.74) is 13.2. The quantitative estimate of drug-likeness (QED) is 0.103. The van der Waals surface area contributed by atoms with Gasteiger partial charge in [0.1, 0.15) is 0 Å². The van der Waals surface area contributed by atoms with Crippen molar-refractivity contribution in [2.24, 2.45) is 17.8 Å². The molecular weight excluding hydrogens is 823 g/mol. The number of nitrogens with zero attached hydrogens (tertiary/aromatic N) is 1. The number of hydrogen-bond donors (Lipinski definition) is 0. The van der Waals surface area contributed by atoms with Crippen LogP contribution in [-0.2, 0) is 10.8 Å². The van der Waals surface area contributed by atoms with Gasteiger partial charge in [0.05, 0.1) is 5.69 Å². The monoisotopic (exact) mass is 879 g/mol. The minimum absolute atomic E-state index is 0.160. The highest BCUT2D eigenvalue weighted by Crippen LogP contribution is 2.61. The maximum Gasteiger partial charge on any atom is 0.179 e. The Morgan fingerprint density at radius 3 is 1.48 bits per heavy atom. The lowest BCUT2D eigenvalue weighted by molar-refractivity contribution is -0.00518. The Morgan fingerprint density at radius 1 is 0.403 bits per heavy atom. The molecule has 0 radical (unpaired) electrons. The molecule has 326 valence electrons. The van der Waals surface area contributed by atoms with Crippen molar-refractivity contribution < 1.29 is 0 Å². The average molecular weight is 880 g/mol. The standard InChI is InChI=1S/C65H57NSi/c1-64(2)61-25-15-14-24-58(61)60-40-59(50-27-26-48-16-12-13-17-49(48)39-50)63(41-62(60)64)66(52-30-28-51(29-31-52)65-42-45-36-46(43-65)38-47(37-45)44-65)53-32-34-57(35-33-53)67(54-18-6-3-7-19-54,55-20-8-4-9-21-55)56-22-10-5-11-23-56/h3-35,39-41,45-47H,36-38,42-44H2,1-2H3. The van der Waals surface area contributed by atoms with Gasteiger partial charge in [-0.25, -0.2) is 0 Å². The van der Waals surface area contributed by atoms with Crippen LogP contribution >= 0.6 is 0 Å². The Labute approximate surface area is 397 Å². The predicted octanol–water partition coefficient (Wildman–Crippen LogP) is 14.1. The van der Waals surface area contributed by atoms with E-state index >= 15 is 0 Å².